The van der Waals surface area contributed by atoms with Crippen molar-refractivity contribution in [2.45, 2.75) is 39.2 Å². The van der Waals surface area contributed by atoms with E-state index in [9.17, 15) is 28.8 Å². The smallest absolute Gasteiger partial charge is 0.267 e. The second-order valence-electron chi connectivity index (χ2n) is 14.8. The van der Waals surface area contributed by atoms with Gasteiger partial charge in [0.15, 0.2) is 5.13 Å². The maximum atomic E-state index is 13.2. The second-order valence-corrected chi connectivity index (χ2v) is 16.2. The summed E-state index contributed by atoms with van der Waals surface area (Å²) in [6.07, 6.45) is 1.89. The summed E-state index contributed by atoms with van der Waals surface area (Å²) in [7, 11) is 0. The quantitative estimate of drug-likeness (QED) is 0.0776. The number of benzene rings is 2. The average Bonchev–Trinajstić information content (AvgIpc) is 3.83. The van der Waals surface area contributed by atoms with Gasteiger partial charge in [0.05, 0.1) is 74.1 Å². The lowest BCUT2D eigenvalue weighted by atomic mass is 10.0. The number of hydrogen-bond donors (Lipinski definition) is 4. The molecule has 6 amide bonds. The summed E-state index contributed by atoms with van der Waals surface area (Å²) in [5.41, 5.74) is 2.26. The molecule has 2 fully saturated rings. The predicted octanol–water partition coefficient (Wildman–Crippen LogP) is 3.80. The number of anilines is 5. The highest BCUT2D eigenvalue weighted by Crippen LogP contribution is 2.33. The van der Waals surface area contributed by atoms with Crippen molar-refractivity contribution in [3.05, 3.63) is 81.1 Å². The number of fused-ring (bicyclic) bond motifs is 1. The van der Waals surface area contributed by atoms with E-state index in [4.69, 9.17) is 25.8 Å². The zero-order valence-corrected chi connectivity index (χ0v) is 36.3. The van der Waals surface area contributed by atoms with Gasteiger partial charge < -0.3 is 40.0 Å². The molecule has 2 aromatic heterocycles. The number of imide groups is 2. The van der Waals surface area contributed by atoms with Crippen LogP contribution in [0.5, 0.6) is 0 Å². The highest BCUT2D eigenvalue weighted by atomic mass is 35.5. The fourth-order valence-corrected chi connectivity index (χ4v) is 8.24. The summed E-state index contributed by atoms with van der Waals surface area (Å²) in [5, 5.41) is 12.3. The van der Waals surface area contributed by atoms with Gasteiger partial charge in [0.25, 0.3) is 17.7 Å². The van der Waals surface area contributed by atoms with Crippen molar-refractivity contribution in [2.75, 3.05) is 93.2 Å². The molecule has 332 valence electrons. The number of nitrogens with one attached hydrogen (secondary N) is 4. The number of carbonyl (C=O) groups is 6. The van der Waals surface area contributed by atoms with E-state index in [0.717, 1.165) is 16.3 Å². The molecular weight excluding hydrogens is 856 g/mol. The van der Waals surface area contributed by atoms with Gasteiger partial charge in [-0.1, -0.05) is 41.1 Å². The standard InChI is InChI=1S/C42H47ClN10O9S/c1-25-5-3-7-28(43)37(25)50-39(57)31-24-45-42(63-31)48-32-23-33(47-26(2)46-32)51-13-15-52(16-14-51)35(55)11-17-60-19-21-62-22-20-61-18-12-44-29-8-4-6-27-36(29)41(59)53(40(27)58)30-9-10-34(54)49-38(30)56/h3-8,23-24,30,44H,9-22H2,1-2H3,(H,50,57)(H,49,54,56)(H,45,46,47,48). The molecule has 4 aromatic rings. The van der Waals surface area contributed by atoms with Crippen molar-refractivity contribution in [2.24, 2.45) is 0 Å². The number of para-hydroxylation sites is 1. The molecule has 0 spiro atoms. The van der Waals surface area contributed by atoms with E-state index in [2.05, 4.69) is 41.1 Å². The lowest BCUT2D eigenvalue weighted by molar-refractivity contribution is -0.136. The van der Waals surface area contributed by atoms with Crippen molar-refractivity contribution in [3.63, 3.8) is 0 Å². The molecule has 4 N–H and O–H groups in total. The van der Waals surface area contributed by atoms with Crippen LogP contribution in [-0.4, -0.2) is 139 Å². The zero-order valence-electron chi connectivity index (χ0n) is 34.7. The first-order valence-electron chi connectivity index (χ1n) is 20.5. The van der Waals surface area contributed by atoms with E-state index >= 15 is 0 Å². The summed E-state index contributed by atoms with van der Waals surface area (Å²) in [6, 6.07) is 11.1. The zero-order chi connectivity index (χ0) is 44.5. The van der Waals surface area contributed by atoms with E-state index in [1.165, 1.54) is 17.5 Å². The molecule has 21 heteroatoms. The number of halogens is 1. The van der Waals surface area contributed by atoms with Gasteiger partial charge >= 0.3 is 0 Å². The highest BCUT2D eigenvalue weighted by molar-refractivity contribution is 7.17. The van der Waals surface area contributed by atoms with E-state index in [-0.39, 0.29) is 48.8 Å². The Morgan fingerprint density at radius 1 is 0.905 bits per heavy atom. The normalized spacial score (nSPS) is 16.3. The van der Waals surface area contributed by atoms with Crippen molar-refractivity contribution in [1.82, 2.24) is 30.1 Å². The molecule has 0 radical (unpaired) electrons. The van der Waals surface area contributed by atoms with E-state index in [0.29, 0.717) is 104 Å². The van der Waals surface area contributed by atoms with Crippen LogP contribution in [0.25, 0.3) is 0 Å². The predicted molar refractivity (Wildman–Crippen MR) is 234 cm³/mol. The summed E-state index contributed by atoms with van der Waals surface area (Å²) < 4.78 is 16.9. The monoisotopic (exact) mass is 902 g/mol. The lowest BCUT2D eigenvalue weighted by Crippen LogP contribution is -2.54. The number of piperidine rings is 1. The SMILES string of the molecule is Cc1nc(Nc2ncc(C(=O)Nc3c(C)cccc3Cl)s2)cc(N2CCN(C(=O)CCOCCOCCOCCNc3cccc4c3C(=O)N(C3CCC(=O)NC3=O)C4=O)CC2)n1. The molecule has 1 unspecified atom stereocenters. The second kappa shape index (κ2) is 20.9. The largest absolute Gasteiger partial charge is 0.382 e. The van der Waals surface area contributed by atoms with Gasteiger partial charge in [-0.05, 0) is 44.0 Å². The maximum Gasteiger partial charge on any atom is 0.267 e. The van der Waals surface area contributed by atoms with Gasteiger partial charge in [-0.2, -0.15) is 0 Å². The third kappa shape index (κ3) is 11.1. The number of ether oxygens (including phenoxy) is 3. The minimum Gasteiger partial charge on any atom is -0.382 e. The van der Waals surface area contributed by atoms with Gasteiger partial charge in [0.1, 0.15) is 28.4 Å². The van der Waals surface area contributed by atoms with Gasteiger partial charge in [0, 0.05) is 50.9 Å². The fraction of sp³-hybridized carbons (Fsp3) is 0.405. The van der Waals surface area contributed by atoms with Gasteiger partial charge in [0.2, 0.25) is 17.7 Å². The minimum absolute atomic E-state index is 0.00942. The third-order valence-electron chi connectivity index (χ3n) is 10.4. The maximum absolute atomic E-state index is 13.2. The van der Waals surface area contributed by atoms with E-state index < -0.39 is 29.7 Å². The molecule has 2 aromatic carbocycles. The Bertz CT molecular complexity index is 2350. The molecule has 3 aliphatic rings. The van der Waals surface area contributed by atoms with Crippen LogP contribution < -0.4 is 26.2 Å². The molecule has 5 heterocycles. The molecule has 0 bridgehead atoms. The number of carbonyl (C=O) groups excluding carboxylic acids is 6. The molecular formula is C42H47ClN10O9S. The number of aromatic nitrogens is 3. The molecule has 19 nitrogen and oxygen atoms in total. The van der Waals surface area contributed by atoms with Crippen LogP contribution in [0.3, 0.4) is 0 Å². The number of hydrogen-bond acceptors (Lipinski definition) is 16. The van der Waals surface area contributed by atoms with Crippen LogP contribution in [0, 0.1) is 13.8 Å². The minimum atomic E-state index is -1.03. The summed E-state index contributed by atoms with van der Waals surface area (Å²) in [5.74, 6) is -0.708. The Balaban J connectivity index is 0.740. The van der Waals surface area contributed by atoms with Crippen molar-refractivity contribution >= 4 is 86.5 Å². The number of nitrogens with zero attached hydrogens (tertiary/aromatic N) is 6. The first kappa shape index (κ1) is 45.0. The Kier molecular flexibility index (Phi) is 14.9. The summed E-state index contributed by atoms with van der Waals surface area (Å²) >= 11 is 7.47. The lowest BCUT2D eigenvalue weighted by Gasteiger charge is -2.35. The topological polar surface area (TPSA) is 227 Å². The molecule has 0 aliphatic carbocycles. The van der Waals surface area contributed by atoms with Crippen molar-refractivity contribution < 1.29 is 43.0 Å². The number of piperazine rings is 1. The molecule has 1 atom stereocenters. The summed E-state index contributed by atoms with van der Waals surface area (Å²) in [6.45, 7) is 8.18. The van der Waals surface area contributed by atoms with Crippen molar-refractivity contribution in [1.29, 1.82) is 0 Å². The van der Waals surface area contributed by atoms with Crippen LogP contribution in [0.4, 0.5) is 28.1 Å². The third-order valence-corrected chi connectivity index (χ3v) is 11.7. The number of rotatable bonds is 19. The van der Waals surface area contributed by atoms with Gasteiger partial charge in [-0.15, -0.1) is 0 Å². The van der Waals surface area contributed by atoms with Crippen LogP contribution >= 0.6 is 22.9 Å². The van der Waals surface area contributed by atoms with Gasteiger partial charge in [-0.25, -0.2) is 15.0 Å². The Hall–Kier alpha value is -6.06. The fourth-order valence-electron chi connectivity index (χ4n) is 7.25. The average molecular weight is 903 g/mol. The van der Waals surface area contributed by atoms with E-state index in [1.54, 1.807) is 31.2 Å². The summed E-state index contributed by atoms with van der Waals surface area (Å²) in [4.78, 5) is 94.7. The van der Waals surface area contributed by atoms with E-state index in [1.807, 2.05) is 30.0 Å². The Labute approximate surface area is 371 Å². The van der Waals surface area contributed by atoms with Crippen LogP contribution in [0.15, 0.2) is 48.7 Å². The Morgan fingerprint density at radius 3 is 2.38 bits per heavy atom. The first-order valence-corrected chi connectivity index (χ1v) is 21.7. The highest BCUT2D eigenvalue weighted by Gasteiger charge is 2.45. The van der Waals surface area contributed by atoms with Crippen molar-refractivity contribution in [3.8, 4) is 0 Å². The number of thiazole rings is 1. The first-order chi connectivity index (χ1) is 30.5. The number of amides is 6. The van der Waals surface area contributed by atoms with Crippen LogP contribution in [0.1, 0.15) is 61.0 Å². The molecule has 0 saturated carbocycles. The number of aryl methyl sites for hydroxylation is 2. The molecule has 7 rings (SSSR count). The molecule has 3 aliphatic heterocycles. The Morgan fingerprint density at radius 2 is 1.63 bits per heavy atom. The van der Waals surface area contributed by atoms with Gasteiger partial charge in [-0.3, -0.25) is 39.0 Å². The molecule has 63 heavy (non-hydrogen) atoms. The molecule has 2 saturated heterocycles. The van der Waals surface area contributed by atoms with Crippen LogP contribution in [0.2, 0.25) is 5.02 Å². The van der Waals surface area contributed by atoms with Crippen LogP contribution in [-0.2, 0) is 28.6 Å².